The van der Waals surface area contributed by atoms with Gasteiger partial charge in [-0.1, -0.05) is 41.9 Å². The molecule has 0 unspecified atom stereocenters. The minimum Gasteiger partial charge on any atom is -0.477 e. The first-order valence-electron chi connectivity index (χ1n) is 6.75. The lowest BCUT2D eigenvalue weighted by Crippen LogP contribution is -2.22. The molecule has 0 bridgehead atoms. The van der Waals surface area contributed by atoms with Gasteiger partial charge in [0.05, 0.1) is 17.6 Å². The molecule has 0 aliphatic heterocycles. The third kappa shape index (κ3) is 2.86. The molecule has 0 amide bonds. The third-order valence-electron chi connectivity index (χ3n) is 3.32. The molecule has 0 fully saturated rings. The summed E-state index contributed by atoms with van der Waals surface area (Å²) in [4.78, 5) is 23.6. The number of aromatic nitrogens is 2. The topological polar surface area (TPSA) is 72.2 Å². The van der Waals surface area contributed by atoms with Gasteiger partial charge in [0.25, 0.3) is 0 Å². The summed E-state index contributed by atoms with van der Waals surface area (Å²) in [6.45, 7) is 0. The van der Waals surface area contributed by atoms with E-state index in [0.717, 1.165) is 6.20 Å². The molecule has 1 N–H and O–H groups in total. The lowest BCUT2D eigenvalue weighted by molar-refractivity contribution is 0.0695. The first-order valence-corrected chi connectivity index (χ1v) is 7.12. The highest BCUT2D eigenvalue weighted by Crippen LogP contribution is 2.24. The van der Waals surface area contributed by atoms with Gasteiger partial charge in [0, 0.05) is 10.6 Å². The number of rotatable bonds is 3. The Morgan fingerprint density at radius 1 is 1.04 bits per heavy atom. The van der Waals surface area contributed by atoms with E-state index in [9.17, 15) is 14.7 Å². The highest BCUT2D eigenvalue weighted by Gasteiger charge is 2.20. The van der Waals surface area contributed by atoms with E-state index in [2.05, 4.69) is 5.10 Å². The first-order chi connectivity index (χ1) is 11.1. The SMILES string of the molecule is O=C(O)c1c(-c2ccccc2)n(-c2ccc(Cl)cc2)ncc1=O. The van der Waals surface area contributed by atoms with Crippen LogP contribution in [0.1, 0.15) is 10.4 Å². The number of hydrogen-bond acceptors (Lipinski definition) is 3. The number of halogens is 1. The van der Waals surface area contributed by atoms with Gasteiger partial charge in [-0.25, -0.2) is 9.48 Å². The molecule has 114 valence electrons. The van der Waals surface area contributed by atoms with Crippen LogP contribution >= 0.6 is 11.6 Å². The van der Waals surface area contributed by atoms with Gasteiger partial charge in [-0.2, -0.15) is 5.10 Å². The fraction of sp³-hybridized carbons (Fsp3) is 0. The van der Waals surface area contributed by atoms with Crippen molar-refractivity contribution < 1.29 is 9.90 Å². The number of aromatic carboxylic acids is 1. The van der Waals surface area contributed by atoms with Crippen LogP contribution < -0.4 is 5.43 Å². The van der Waals surface area contributed by atoms with Crippen LogP contribution in [0, 0.1) is 0 Å². The molecule has 3 aromatic rings. The Kier molecular flexibility index (Phi) is 3.95. The van der Waals surface area contributed by atoms with Crippen molar-refractivity contribution in [2.24, 2.45) is 0 Å². The summed E-state index contributed by atoms with van der Waals surface area (Å²) in [5.74, 6) is -1.29. The van der Waals surface area contributed by atoms with E-state index >= 15 is 0 Å². The molecule has 0 aliphatic carbocycles. The second kappa shape index (κ2) is 6.06. The average Bonchev–Trinajstić information content (AvgIpc) is 2.56. The Hall–Kier alpha value is -2.92. The molecule has 23 heavy (non-hydrogen) atoms. The van der Waals surface area contributed by atoms with Crippen molar-refractivity contribution in [3.63, 3.8) is 0 Å². The molecule has 5 nitrogen and oxygen atoms in total. The summed E-state index contributed by atoms with van der Waals surface area (Å²) in [7, 11) is 0. The Balaban J connectivity index is 2.37. The summed E-state index contributed by atoms with van der Waals surface area (Å²) in [6.07, 6.45) is 1.00. The average molecular weight is 327 g/mol. The lowest BCUT2D eigenvalue weighted by atomic mass is 10.1. The van der Waals surface area contributed by atoms with Crippen molar-refractivity contribution in [3.8, 4) is 16.9 Å². The second-order valence-electron chi connectivity index (χ2n) is 4.79. The van der Waals surface area contributed by atoms with Crippen molar-refractivity contribution in [2.75, 3.05) is 0 Å². The molecule has 1 aromatic heterocycles. The van der Waals surface area contributed by atoms with Gasteiger partial charge >= 0.3 is 5.97 Å². The summed E-state index contributed by atoms with van der Waals surface area (Å²) >= 11 is 5.89. The predicted octanol–water partition coefficient (Wildman–Crippen LogP) is 3.25. The van der Waals surface area contributed by atoms with Crippen molar-refractivity contribution in [3.05, 3.63) is 81.6 Å². The van der Waals surface area contributed by atoms with Gasteiger partial charge in [0.15, 0.2) is 0 Å². The quantitative estimate of drug-likeness (QED) is 0.802. The van der Waals surface area contributed by atoms with Gasteiger partial charge < -0.3 is 5.11 Å². The molecule has 2 aromatic carbocycles. The maximum Gasteiger partial charge on any atom is 0.342 e. The van der Waals surface area contributed by atoms with Crippen LogP contribution in [0.25, 0.3) is 16.9 Å². The number of nitrogens with zero attached hydrogens (tertiary/aromatic N) is 2. The smallest absolute Gasteiger partial charge is 0.342 e. The highest BCUT2D eigenvalue weighted by atomic mass is 35.5. The maximum absolute atomic E-state index is 12.0. The molecule has 0 saturated heterocycles. The summed E-state index contributed by atoms with van der Waals surface area (Å²) in [6, 6.07) is 15.6. The molecular weight excluding hydrogens is 316 g/mol. The fourth-order valence-electron chi connectivity index (χ4n) is 2.30. The molecule has 0 spiro atoms. The molecular formula is C17H11ClN2O3. The van der Waals surface area contributed by atoms with Gasteiger partial charge in [0.2, 0.25) is 5.43 Å². The normalized spacial score (nSPS) is 10.5. The molecule has 3 rings (SSSR count). The highest BCUT2D eigenvalue weighted by molar-refractivity contribution is 6.30. The standard InChI is InChI=1S/C17H11ClN2O3/c18-12-6-8-13(9-7-12)20-16(11-4-2-1-3-5-11)15(17(22)23)14(21)10-19-20/h1-10H,(H,22,23). The summed E-state index contributed by atoms with van der Waals surface area (Å²) in [5, 5.41) is 14.1. The Labute approximate surface area is 136 Å². The Bertz CT molecular complexity index is 919. The van der Waals surface area contributed by atoms with Crippen LogP contribution in [0.15, 0.2) is 65.6 Å². The van der Waals surface area contributed by atoms with Crippen LogP contribution in [0.2, 0.25) is 5.02 Å². The van der Waals surface area contributed by atoms with Gasteiger partial charge in [-0.15, -0.1) is 0 Å². The summed E-state index contributed by atoms with van der Waals surface area (Å²) < 4.78 is 1.43. The van der Waals surface area contributed by atoms with Gasteiger partial charge in [-0.3, -0.25) is 4.79 Å². The van der Waals surface area contributed by atoms with E-state index < -0.39 is 11.4 Å². The van der Waals surface area contributed by atoms with Crippen molar-refractivity contribution in [1.29, 1.82) is 0 Å². The van der Waals surface area contributed by atoms with E-state index in [1.54, 1.807) is 48.5 Å². The number of hydrogen-bond donors (Lipinski definition) is 1. The van der Waals surface area contributed by atoms with Crippen molar-refractivity contribution in [1.82, 2.24) is 9.78 Å². The Morgan fingerprint density at radius 3 is 2.30 bits per heavy atom. The Morgan fingerprint density at radius 2 is 1.70 bits per heavy atom. The zero-order valence-corrected chi connectivity index (χ0v) is 12.6. The second-order valence-corrected chi connectivity index (χ2v) is 5.23. The van der Waals surface area contributed by atoms with Crippen LogP contribution in [0.5, 0.6) is 0 Å². The third-order valence-corrected chi connectivity index (χ3v) is 3.57. The van der Waals surface area contributed by atoms with Crippen LogP contribution in [0.4, 0.5) is 0 Å². The predicted molar refractivity (Wildman–Crippen MR) is 87.2 cm³/mol. The van der Waals surface area contributed by atoms with Crippen LogP contribution in [0.3, 0.4) is 0 Å². The minimum atomic E-state index is -1.29. The number of carboxylic acid groups (broad SMARTS) is 1. The monoisotopic (exact) mass is 326 g/mol. The van der Waals surface area contributed by atoms with E-state index in [1.165, 1.54) is 4.68 Å². The number of carboxylic acids is 1. The van der Waals surface area contributed by atoms with Crippen molar-refractivity contribution >= 4 is 17.6 Å². The fourth-order valence-corrected chi connectivity index (χ4v) is 2.43. The molecule has 1 heterocycles. The molecule has 0 atom stereocenters. The number of benzene rings is 2. The van der Waals surface area contributed by atoms with E-state index in [4.69, 9.17) is 11.6 Å². The zero-order chi connectivity index (χ0) is 16.4. The van der Waals surface area contributed by atoms with Gasteiger partial charge in [-0.05, 0) is 24.3 Å². The van der Waals surface area contributed by atoms with E-state index in [1.807, 2.05) is 6.07 Å². The van der Waals surface area contributed by atoms with Crippen LogP contribution in [-0.2, 0) is 0 Å². The molecule has 0 saturated carbocycles. The molecule has 6 heteroatoms. The van der Waals surface area contributed by atoms with Crippen molar-refractivity contribution in [2.45, 2.75) is 0 Å². The largest absolute Gasteiger partial charge is 0.477 e. The zero-order valence-electron chi connectivity index (χ0n) is 11.8. The van der Waals surface area contributed by atoms with Crippen LogP contribution in [-0.4, -0.2) is 20.9 Å². The lowest BCUT2D eigenvalue weighted by Gasteiger charge is -2.14. The van der Waals surface area contributed by atoms with E-state index in [0.29, 0.717) is 16.3 Å². The maximum atomic E-state index is 12.0. The minimum absolute atomic E-state index is 0.230. The molecule has 0 aliphatic rings. The van der Waals surface area contributed by atoms with E-state index in [-0.39, 0.29) is 11.3 Å². The van der Waals surface area contributed by atoms with Gasteiger partial charge in [0.1, 0.15) is 5.56 Å². The number of carbonyl (C=O) groups is 1. The molecule has 0 radical (unpaired) electrons. The summed E-state index contributed by atoms with van der Waals surface area (Å²) in [5.41, 5.74) is 0.469. The first kappa shape index (κ1) is 15.0.